The minimum Gasteiger partial charge on any atom is -0.485 e. The van der Waals surface area contributed by atoms with E-state index in [0.717, 1.165) is 66.4 Å². The Morgan fingerprint density at radius 2 is 1.97 bits per heavy atom. The topological polar surface area (TPSA) is 76.0 Å². The number of nitrogens with one attached hydrogen (secondary N) is 1. The molecule has 1 saturated heterocycles. The van der Waals surface area contributed by atoms with E-state index < -0.39 is 0 Å². The van der Waals surface area contributed by atoms with E-state index in [1.807, 2.05) is 30.5 Å². The average Bonchev–Trinajstić information content (AvgIpc) is 2.90. The Morgan fingerprint density at radius 3 is 2.73 bits per heavy atom. The van der Waals surface area contributed by atoms with Crippen LogP contribution in [0.2, 0.25) is 5.02 Å². The first kappa shape index (κ1) is 26.5. The Hall–Kier alpha value is -2.14. The summed E-state index contributed by atoms with van der Waals surface area (Å²) in [5.74, 6) is 1.99. The van der Waals surface area contributed by atoms with Gasteiger partial charge in [-0.15, -0.1) is 0 Å². The van der Waals surface area contributed by atoms with Crippen LogP contribution in [0.3, 0.4) is 0 Å². The molecule has 1 fully saturated rings. The number of morpholine rings is 1. The van der Waals surface area contributed by atoms with Gasteiger partial charge in [0, 0.05) is 54.3 Å². The van der Waals surface area contributed by atoms with E-state index in [1.165, 1.54) is 0 Å². The zero-order valence-electron chi connectivity index (χ0n) is 20.5. The highest BCUT2D eigenvalue weighted by molar-refractivity contribution is 7.99. The Kier molecular flexibility index (Phi) is 8.69. The fourth-order valence-electron chi connectivity index (χ4n) is 4.74. The summed E-state index contributed by atoms with van der Waals surface area (Å²) in [7, 11) is 0. The van der Waals surface area contributed by atoms with Crippen LogP contribution in [0.1, 0.15) is 21.5 Å². The highest BCUT2D eigenvalue weighted by Gasteiger charge is 2.25. The number of hydrogen-bond donors (Lipinski definition) is 2. The van der Waals surface area contributed by atoms with Gasteiger partial charge in [-0.1, -0.05) is 36.0 Å². The molecule has 2 N–H and O–H groups in total. The van der Waals surface area contributed by atoms with E-state index in [-0.39, 0.29) is 18.6 Å². The van der Waals surface area contributed by atoms with Crippen molar-refractivity contribution in [2.24, 2.45) is 0 Å². The Bertz CT molecular complexity index is 1330. The number of thioether (sulfide) groups is 1. The predicted octanol–water partition coefficient (Wildman–Crippen LogP) is 4.27. The number of amides is 1. The summed E-state index contributed by atoms with van der Waals surface area (Å²) in [6, 6.07) is 11.6. The third kappa shape index (κ3) is 6.30. The van der Waals surface area contributed by atoms with Gasteiger partial charge in [0.25, 0.3) is 5.91 Å². The van der Waals surface area contributed by atoms with Crippen molar-refractivity contribution in [1.82, 2.24) is 14.8 Å². The number of aliphatic hydroxyl groups excluding tert-OH is 1. The second-order valence-corrected chi connectivity index (χ2v) is 11.2. The van der Waals surface area contributed by atoms with Crippen LogP contribution in [-0.4, -0.2) is 71.0 Å². The van der Waals surface area contributed by atoms with E-state index in [9.17, 15) is 9.90 Å². The van der Waals surface area contributed by atoms with Crippen molar-refractivity contribution in [3.05, 3.63) is 68.8 Å². The summed E-state index contributed by atoms with van der Waals surface area (Å²) >= 11 is 13.5. The van der Waals surface area contributed by atoms with Crippen molar-refractivity contribution in [2.75, 3.05) is 44.4 Å². The molecule has 1 atom stereocenters. The van der Waals surface area contributed by atoms with Crippen LogP contribution in [0.5, 0.6) is 5.75 Å². The van der Waals surface area contributed by atoms with Gasteiger partial charge in [-0.25, -0.2) is 0 Å². The third-order valence-corrected chi connectivity index (χ3v) is 8.32. The van der Waals surface area contributed by atoms with Gasteiger partial charge in [0.1, 0.15) is 11.9 Å². The van der Waals surface area contributed by atoms with Gasteiger partial charge in [0.15, 0.2) is 0 Å². The molecule has 37 heavy (non-hydrogen) atoms. The number of nitrogens with zero attached hydrogens (tertiary/aromatic N) is 2. The van der Waals surface area contributed by atoms with Crippen LogP contribution in [0, 0.1) is 4.51 Å². The minimum absolute atomic E-state index is 0.0724. The number of ether oxygens (including phenoxy) is 2. The zero-order valence-corrected chi connectivity index (χ0v) is 22.8. The van der Waals surface area contributed by atoms with Crippen molar-refractivity contribution in [3.63, 3.8) is 0 Å². The Labute approximate surface area is 230 Å². The fourth-order valence-corrected chi connectivity index (χ4v) is 5.90. The molecule has 0 bridgehead atoms. The fraction of sp³-hybridized carbons (Fsp3) is 0.407. The lowest BCUT2D eigenvalue weighted by Crippen LogP contribution is -2.35. The second kappa shape index (κ2) is 12.1. The largest absolute Gasteiger partial charge is 0.485 e. The SMILES string of the molecule is O=C(NCc1ccc(Cl)cc1)c1cn2c3c(cc(CN4CCOCC4)cc3c1=S)OC(CSCCO)C2. The number of halogens is 1. The van der Waals surface area contributed by atoms with Crippen LogP contribution in [0.4, 0.5) is 0 Å². The lowest BCUT2D eigenvalue weighted by molar-refractivity contribution is 0.0341. The summed E-state index contributed by atoms with van der Waals surface area (Å²) in [4.78, 5) is 15.7. The van der Waals surface area contributed by atoms with Crippen LogP contribution >= 0.6 is 35.6 Å². The minimum atomic E-state index is -0.205. The smallest absolute Gasteiger partial charge is 0.254 e. The summed E-state index contributed by atoms with van der Waals surface area (Å²) in [6.07, 6.45) is 1.79. The molecule has 0 aliphatic carbocycles. The standard InChI is InChI=1S/C27H30ClN3O4S2/c28-20-3-1-18(2-4-20)13-29-27(33)23-16-31-15-21(17-37-10-7-32)35-24-12-19(11-22(25(24)31)26(23)36)14-30-5-8-34-9-6-30/h1-4,11-12,16,21,32H,5-10,13-15,17H2,(H,29,33). The maximum absolute atomic E-state index is 13.3. The number of pyridine rings is 1. The van der Waals surface area contributed by atoms with Crippen LogP contribution in [0.25, 0.3) is 10.9 Å². The highest BCUT2D eigenvalue weighted by atomic mass is 35.5. The van der Waals surface area contributed by atoms with Gasteiger partial charge in [0.2, 0.25) is 0 Å². The highest BCUT2D eigenvalue weighted by Crippen LogP contribution is 2.35. The van der Waals surface area contributed by atoms with E-state index in [4.69, 9.17) is 33.3 Å². The Morgan fingerprint density at radius 1 is 1.19 bits per heavy atom. The van der Waals surface area contributed by atoms with E-state index in [1.54, 1.807) is 11.8 Å². The molecule has 3 aromatic rings. The summed E-state index contributed by atoms with van der Waals surface area (Å²) in [5.41, 5.74) is 3.47. The molecule has 0 radical (unpaired) electrons. The first-order valence-electron chi connectivity index (χ1n) is 12.4. The number of hydrogen-bond acceptors (Lipinski definition) is 7. The molecule has 2 aliphatic rings. The van der Waals surface area contributed by atoms with Crippen LogP contribution in [-0.2, 0) is 24.4 Å². The van der Waals surface area contributed by atoms with Gasteiger partial charge in [-0.05, 0) is 35.4 Å². The van der Waals surface area contributed by atoms with E-state index in [2.05, 4.69) is 26.9 Å². The molecule has 7 nitrogen and oxygen atoms in total. The van der Waals surface area contributed by atoms with E-state index in [0.29, 0.717) is 33.9 Å². The predicted molar refractivity (Wildman–Crippen MR) is 150 cm³/mol. The molecule has 0 saturated carbocycles. The average molecular weight is 560 g/mol. The maximum atomic E-state index is 13.3. The van der Waals surface area contributed by atoms with Gasteiger partial charge in [-0.2, -0.15) is 11.8 Å². The Balaban J connectivity index is 1.47. The quantitative estimate of drug-likeness (QED) is 0.299. The van der Waals surface area contributed by atoms with Gasteiger partial charge in [0.05, 0.1) is 42.0 Å². The van der Waals surface area contributed by atoms with Gasteiger partial charge < -0.3 is 24.5 Å². The third-order valence-electron chi connectivity index (χ3n) is 6.55. The first-order chi connectivity index (χ1) is 18.0. The van der Waals surface area contributed by atoms with Crippen molar-refractivity contribution in [2.45, 2.75) is 25.7 Å². The normalized spacial score (nSPS) is 17.5. The number of rotatable bonds is 9. The zero-order chi connectivity index (χ0) is 25.8. The van der Waals surface area contributed by atoms with Crippen molar-refractivity contribution in [1.29, 1.82) is 0 Å². The molecule has 2 aliphatic heterocycles. The lowest BCUT2D eigenvalue weighted by Gasteiger charge is -2.30. The number of aromatic nitrogens is 1. The molecule has 1 amide bonds. The molecule has 0 spiro atoms. The number of carbonyl (C=O) groups excluding carboxylic acids is 1. The molecule has 1 aromatic heterocycles. The molecule has 1 unspecified atom stereocenters. The van der Waals surface area contributed by atoms with Crippen molar-refractivity contribution >= 4 is 52.4 Å². The van der Waals surface area contributed by atoms with Crippen molar-refractivity contribution < 1.29 is 19.4 Å². The molecular weight excluding hydrogens is 530 g/mol. The molecular formula is C27H30ClN3O4S2. The molecule has 5 rings (SSSR count). The summed E-state index contributed by atoms with van der Waals surface area (Å²) in [6.45, 7) is 5.10. The van der Waals surface area contributed by atoms with Crippen molar-refractivity contribution in [3.8, 4) is 5.75 Å². The first-order valence-corrected chi connectivity index (χ1v) is 14.3. The molecule has 10 heteroatoms. The van der Waals surface area contributed by atoms with Gasteiger partial charge in [-0.3, -0.25) is 9.69 Å². The monoisotopic (exact) mass is 559 g/mol. The number of aliphatic hydroxyl groups is 1. The van der Waals surface area contributed by atoms with E-state index >= 15 is 0 Å². The van der Waals surface area contributed by atoms with Crippen LogP contribution in [0.15, 0.2) is 42.6 Å². The summed E-state index contributed by atoms with van der Waals surface area (Å²) < 4.78 is 14.6. The molecule has 196 valence electrons. The number of carbonyl (C=O) groups is 1. The lowest BCUT2D eigenvalue weighted by atomic mass is 10.0. The molecule has 2 aromatic carbocycles. The summed E-state index contributed by atoms with van der Waals surface area (Å²) in [5, 5.41) is 13.7. The van der Waals surface area contributed by atoms with Crippen LogP contribution < -0.4 is 10.1 Å². The second-order valence-electron chi connectivity index (χ2n) is 9.25. The van der Waals surface area contributed by atoms with Gasteiger partial charge >= 0.3 is 0 Å². The molecule has 3 heterocycles. The maximum Gasteiger partial charge on any atom is 0.254 e. The number of benzene rings is 2.